The van der Waals surface area contributed by atoms with Crippen molar-refractivity contribution in [3.05, 3.63) is 64.4 Å². The number of nitrogens with zero attached hydrogens (tertiary/aromatic N) is 3. The standard InChI is InChI=1S/C17H21BrN4.HI/c1-19-17(21-12-10-15-8-5-6-11-20-15)22(2)13-14-7-3-4-9-16(14)18;/h3-9,11H,10,12-13H2,1-2H3,(H,19,21);1H. The molecular formula is C17H22BrIN4. The van der Waals surface area contributed by atoms with Crippen LogP contribution in [-0.2, 0) is 13.0 Å². The maximum atomic E-state index is 4.34. The van der Waals surface area contributed by atoms with Gasteiger partial charge in [-0.1, -0.05) is 40.2 Å². The zero-order valence-electron chi connectivity index (χ0n) is 13.4. The zero-order valence-corrected chi connectivity index (χ0v) is 17.3. The van der Waals surface area contributed by atoms with Crippen molar-refractivity contribution in [3.8, 4) is 0 Å². The quantitative estimate of drug-likeness (QED) is 0.396. The lowest BCUT2D eigenvalue weighted by Gasteiger charge is -2.22. The van der Waals surface area contributed by atoms with Crippen LogP contribution in [0.3, 0.4) is 0 Å². The molecule has 6 heteroatoms. The number of hydrogen-bond donors (Lipinski definition) is 1. The van der Waals surface area contributed by atoms with Gasteiger partial charge in [0.2, 0.25) is 0 Å². The predicted molar refractivity (Wildman–Crippen MR) is 110 cm³/mol. The van der Waals surface area contributed by atoms with Crippen LogP contribution in [0, 0.1) is 0 Å². The van der Waals surface area contributed by atoms with Crippen molar-refractivity contribution >= 4 is 45.9 Å². The van der Waals surface area contributed by atoms with Crippen molar-refractivity contribution in [2.45, 2.75) is 13.0 Å². The zero-order chi connectivity index (χ0) is 15.8. The van der Waals surface area contributed by atoms with E-state index in [0.717, 1.165) is 35.6 Å². The Balaban J connectivity index is 0.00000264. The molecule has 0 aliphatic carbocycles. The van der Waals surface area contributed by atoms with Gasteiger partial charge in [-0.2, -0.15) is 0 Å². The fourth-order valence-electron chi connectivity index (χ4n) is 2.19. The third-order valence-corrected chi connectivity index (χ3v) is 4.10. The van der Waals surface area contributed by atoms with Gasteiger partial charge in [0.05, 0.1) is 0 Å². The number of rotatable bonds is 5. The molecule has 1 heterocycles. The number of halogens is 2. The summed E-state index contributed by atoms with van der Waals surface area (Å²) in [5.74, 6) is 0.881. The Kier molecular flexibility index (Phi) is 9.16. The van der Waals surface area contributed by atoms with Gasteiger partial charge >= 0.3 is 0 Å². The molecule has 2 aromatic rings. The minimum absolute atomic E-state index is 0. The van der Waals surface area contributed by atoms with Crippen LogP contribution in [0.15, 0.2) is 58.1 Å². The fraction of sp³-hybridized carbons (Fsp3) is 0.294. The SMILES string of the molecule is CN=C(NCCc1ccccn1)N(C)Cc1ccccc1Br.I. The van der Waals surface area contributed by atoms with Crippen molar-refractivity contribution in [2.75, 3.05) is 20.6 Å². The molecule has 1 aromatic heterocycles. The Hall–Kier alpha value is -1.15. The summed E-state index contributed by atoms with van der Waals surface area (Å²) in [5, 5.41) is 3.38. The number of benzene rings is 1. The van der Waals surface area contributed by atoms with E-state index in [4.69, 9.17) is 0 Å². The van der Waals surface area contributed by atoms with Crippen LogP contribution in [0.25, 0.3) is 0 Å². The molecule has 0 bridgehead atoms. The van der Waals surface area contributed by atoms with Crippen LogP contribution < -0.4 is 5.32 Å². The Morgan fingerprint density at radius 1 is 1.22 bits per heavy atom. The lowest BCUT2D eigenvalue weighted by atomic mass is 10.2. The predicted octanol–water partition coefficient (Wildman–Crippen LogP) is 3.71. The van der Waals surface area contributed by atoms with E-state index in [1.807, 2.05) is 43.6 Å². The van der Waals surface area contributed by atoms with Gasteiger partial charge < -0.3 is 10.2 Å². The molecule has 4 nitrogen and oxygen atoms in total. The highest BCUT2D eigenvalue weighted by molar-refractivity contribution is 14.0. The number of hydrogen-bond acceptors (Lipinski definition) is 2. The topological polar surface area (TPSA) is 40.5 Å². The molecule has 1 aromatic carbocycles. The molecule has 0 fully saturated rings. The Morgan fingerprint density at radius 2 is 1.96 bits per heavy atom. The molecule has 124 valence electrons. The second kappa shape index (κ2) is 10.6. The van der Waals surface area contributed by atoms with Gasteiger partial charge in [0, 0.05) is 50.0 Å². The number of guanidine groups is 1. The minimum Gasteiger partial charge on any atom is -0.356 e. The maximum Gasteiger partial charge on any atom is 0.193 e. The van der Waals surface area contributed by atoms with Crippen LogP contribution in [0.5, 0.6) is 0 Å². The summed E-state index contributed by atoms with van der Waals surface area (Å²) in [6.07, 6.45) is 2.70. The van der Waals surface area contributed by atoms with Crippen molar-refractivity contribution in [1.29, 1.82) is 0 Å². The summed E-state index contributed by atoms with van der Waals surface area (Å²) < 4.78 is 1.12. The first-order valence-electron chi connectivity index (χ1n) is 7.26. The van der Waals surface area contributed by atoms with Gasteiger partial charge in [0.25, 0.3) is 0 Å². The minimum atomic E-state index is 0. The van der Waals surface area contributed by atoms with E-state index in [1.165, 1.54) is 5.56 Å². The van der Waals surface area contributed by atoms with E-state index in [0.29, 0.717) is 0 Å². The first-order valence-corrected chi connectivity index (χ1v) is 8.05. The van der Waals surface area contributed by atoms with Crippen LogP contribution in [0.1, 0.15) is 11.3 Å². The van der Waals surface area contributed by atoms with Crippen LogP contribution in [0.2, 0.25) is 0 Å². The molecule has 0 aliphatic heterocycles. The van der Waals surface area contributed by atoms with Crippen LogP contribution in [-0.4, -0.2) is 36.5 Å². The van der Waals surface area contributed by atoms with Crippen molar-refractivity contribution in [2.24, 2.45) is 4.99 Å². The summed E-state index contributed by atoms with van der Waals surface area (Å²) in [6.45, 7) is 1.61. The molecule has 0 saturated heterocycles. The smallest absolute Gasteiger partial charge is 0.193 e. The Bertz CT molecular complexity index is 619. The highest BCUT2D eigenvalue weighted by Crippen LogP contribution is 2.17. The summed E-state index contributed by atoms with van der Waals surface area (Å²) >= 11 is 3.58. The second-order valence-corrected chi connectivity index (χ2v) is 5.85. The summed E-state index contributed by atoms with van der Waals surface area (Å²) in [6, 6.07) is 14.2. The van der Waals surface area contributed by atoms with Gasteiger partial charge in [-0.15, -0.1) is 24.0 Å². The average molecular weight is 489 g/mol. The van der Waals surface area contributed by atoms with Crippen molar-refractivity contribution < 1.29 is 0 Å². The maximum absolute atomic E-state index is 4.34. The molecule has 0 unspecified atom stereocenters. The summed E-state index contributed by atoms with van der Waals surface area (Å²) in [7, 11) is 3.84. The van der Waals surface area contributed by atoms with Gasteiger partial charge in [0.15, 0.2) is 5.96 Å². The molecular weight excluding hydrogens is 467 g/mol. The normalized spacial score (nSPS) is 10.8. The Morgan fingerprint density at radius 3 is 2.61 bits per heavy atom. The molecule has 0 amide bonds. The first-order chi connectivity index (χ1) is 10.7. The highest BCUT2D eigenvalue weighted by Gasteiger charge is 2.08. The van der Waals surface area contributed by atoms with Gasteiger partial charge in [0.1, 0.15) is 0 Å². The lowest BCUT2D eigenvalue weighted by molar-refractivity contribution is 0.476. The van der Waals surface area contributed by atoms with Gasteiger partial charge in [-0.3, -0.25) is 9.98 Å². The van der Waals surface area contributed by atoms with Crippen molar-refractivity contribution in [3.63, 3.8) is 0 Å². The molecule has 23 heavy (non-hydrogen) atoms. The van der Waals surface area contributed by atoms with Crippen molar-refractivity contribution in [1.82, 2.24) is 15.2 Å². The van der Waals surface area contributed by atoms with E-state index in [2.05, 4.69) is 48.3 Å². The highest BCUT2D eigenvalue weighted by atomic mass is 127. The van der Waals surface area contributed by atoms with E-state index in [9.17, 15) is 0 Å². The number of aliphatic imine (C=N–C) groups is 1. The fourth-order valence-corrected chi connectivity index (χ4v) is 2.60. The van der Waals surface area contributed by atoms with Crippen LogP contribution >= 0.6 is 39.9 Å². The third-order valence-electron chi connectivity index (χ3n) is 3.33. The average Bonchev–Trinajstić information content (AvgIpc) is 2.54. The monoisotopic (exact) mass is 488 g/mol. The second-order valence-electron chi connectivity index (χ2n) is 4.99. The summed E-state index contributed by atoms with van der Waals surface area (Å²) in [4.78, 5) is 10.8. The van der Waals surface area contributed by atoms with E-state index in [1.54, 1.807) is 7.05 Å². The number of aromatic nitrogens is 1. The Labute approximate surface area is 163 Å². The largest absolute Gasteiger partial charge is 0.356 e. The summed E-state index contributed by atoms with van der Waals surface area (Å²) in [5.41, 5.74) is 2.32. The number of pyridine rings is 1. The van der Waals surface area contributed by atoms with E-state index < -0.39 is 0 Å². The number of nitrogens with one attached hydrogen (secondary N) is 1. The molecule has 1 N–H and O–H groups in total. The molecule has 0 aliphatic rings. The molecule has 0 radical (unpaired) electrons. The van der Waals surface area contributed by atoms with E-state index >= 15 is 0 Å². The third kappa shape index (κ3) is 6.47. The lowest BCUT2D eigenvalue weighted by Crippen LogP contribution is -2.39. The first kappa shape index (κ1) is 19.9. The van der Waals surface area contributed by atoms with E-state index in [-0.39, 0.29) is 24.0 Å². The molecule has 0 saturated carbocycles. The van der Waals surface area contributed by atoms with Gasteiger partial charge in [-0.25, -0.2) is 0 Å². The van der Waals surface area contributed by atoms with Gasteiger partial charge in [-0.05, 0) is 23.8 Å². The molecule has 0 atom stereocenters. The molecule has 0 spiro atoms. The van der Waals surface area contributed by atoms with Crippen LogP contribution in [0.4, 0.5) is 0 Å². The molecule has 2 rings (SSSR count).